The van der Waals surface area contributed by atoms with E-state index in [0.717, 1.165) is 9.13 Å². The Morgan fingerprint density at radius 3 is 1.75 bits per heavy atom. The van der Waals surface area contributed by atoms with Gasteiger partial charge >= 0.3 is 46.6 Å². The molecule has 0 aromatic carbocycles. The van der Waals surface area contributed by atoms with Gasteiger partial charge in [0.05, 0.1) is 13.1 Å². The number of rotatable bonds is 4. The van der Waals surface area contributed by atoms with Crippen LogP contribution in [0.25, 0.3) is 0 Å². The Morgan fingerprint density at radius 1 is 1.06 bits per heavy atom. The fourth-order valence-corrected chi connectivity index (χ4v) is 1.13. The molecule has 0 amide bonds. The molecular weight excluding hydrogens is 221 g/mol. The average molecular weight is 233 g/mol. The van der Waals surface area contributed by atoms with Crippen LogP contribution in [0.1, 0.15) is 1.43 Å². The van der Waals surface area contributed by atoms with Crippen LogP contribution in [-0.2, 0) is 13.1 Å². The van der Waals surface area contributed by atoms with Crippen LogP contribution in [0.3, 0.4) is 0 Å². The molecule has 0 saturated carbocycles. The first-order chi connectivity index (χ1) is 7.11. The van der Waals surface area contributed by atoms with E-state index in [0.29, 0.717) is 0 Å². The quantitative estimate of drug-likeness (QED) is 0.428. The van der Waals surface area contributed by atoms with E-state index in [1.807, 2.05) is 4.98 Å². The maximum atomic E-state index is 11.6. The fraction of sp³-hybridized carbons (Fsp3) is 0.222. The van der Waals surface area contributed by atoms with Gasteiger partial charge in [-0.1, -0.05) is 12.2 Å². The third-order valence-electron chi connectivity index (χ3n) is 1.79. The Kier molecular flexibility index (Phi) is 6.02. The molecule has 0 bridgehead atoms. The molecule has 1 aromatic rings. The largest absolute Gasteiger partial charge is 1.00 e. The average Bonchev–Trinajstić information content (AvgIpc) is 2.19. The first-order valence-electron chi connectivity index (χ1n) is 4.27. The molecule has 0 aliphatic heterocycles. The summed E-state index contributed by atoms with van der Waals surface area (Å²) in [5.74, 6) is 0. The third-order valence-corrected chi connectivity index (χ3v) is 1.79. The van der Waals surface area contributed by atoms with Crippen molar-refractivity contribution in [2.45, 2.75) is 13.1 Å². The van der Waals surface area contributed by atoms with Gasteiger partial charge in [0.25, 0.3) is 0 Å². The third kappa shape index (κ3) is 2.94. The summed E-state index contributed by atoms with van der Waals surface area (Å²) < 4.78 is 1.77. The smallest absolute Gasteiger partial charge is 1.00 e. The van der Waals surface area contributed by atoms with Gasteiger partial charge in [0.2, 0.25) is 0 Å². The summed E-state index contributed by atoms with van der Waals surface area (Å²) in [6, 6.07) is 0. The fourth-order valence-electron chi connectivity index (χ4n) is 1.13. The van der Waals surface area contributed by atoms with Crippen LogP contribution >= 0.6 is 0 Å². The normalized spacial score (nSPS) is 9.25. The van der Waals surface area contributed by atoms with Crippen molar-refractivity contribution in [2.75, 3.05) is 0 Å². The zero-order chi connectivity index (χ0) is 11.4. The summed E-state index contributed by atoms with van der Waals surface area (Å²) in [4.78, 5) is 36.1. The number of H-pyrrole nitrogens is 1. The van der Waals surface area contributed by atoms with E-state index in [-0.39, 0.29) is 44.1 Å². The second-order valence-corrected chi connectivity index (χ2v) is 2.82. The monoisotopic (exact) mass is 233 g/mol. The number of hydrogen-bond donors (Lipinski definition) is 1. The maximum Gasteiger partial charge on any atom is 1.00 e. The van der Waals surface area contributed by atoms with E-state index in [2.05, 4.69) is 13.2 Å². The molecule has 0 radical (unpaired) electrons. The molecule has 0 atom stereocenters. The minimum Gasteiger partial charge on any atom is -1.00 e. The van der Waals surface area contributed by atoms with E-state index >= 15 is 0 Å². The maximum absolute atomic E-state index is 11.6. The molecule has 0 aliphatic carbocycles. The Labute approximate surface area is 115 Å². The van der Waals surface area contributed by atoms with Crippen LogP contribution in [0.2, 0.25) is 0 Å². The molecule has 0 aliphatic rings. The van der Waals surface area contributed by atoms with Crippen molar-refractivity contribution in [3.8, 4) is 0 Å². The van der Waals surface area contributed by atoms with Crippen molar-refractivity contribution in [1.29, 1.82) is 0 Å². The van der Waals surface area contributed by atoms with Crippen LogP contribution in [0.15, 0.2) is 39.7 Å². The van der Waals surface area contributed by atoms with Crippen LogP contribution < -0.4 is 46.6 Å². The second-order valence-electron chi connectivity index (χ2n) is 2.82. The first kappa shape index (κ1) is 14.9. The van der Waals surface area contributed by atoms with Crippen LogP contribution in [0, 0.1) is 0 Å². The first-order valence-corrected chi connectivity index (χ1v) is 4.27. The minimum absolute atomic E-state index is 0. The molecule has 1 aromatic heterocycles. The van der Waals surface area contributed by atoms with E-state index in [4.69, 9.17) is 0 Å². The van der Waals surface area contributed by atoms with Gasteiger partial charge in [-0.15, -0.1) is 13.2 Å². The SMILES string of the molecule is C=CCn1c(=O)[nH]c(=O)n(CC=C)c1=O.[H-].[Na+]. The summed E-state index contributed by atoms with van der Waals surface area (Å²) >= 11 is 0. The molecule has 0 spiro atoms. The summed E-state index contributed by atoms with van der Waals surface area (Å²) in [7, 11) is 0. The Hall–Kier alpha value is -1.11. The number of aromatic nitrogens is 3. The van der Waals surface area contributed by atoms with Gasteiger partial charge in [0, 0.05) is 0 Å². The Morgan fingerprint density at radius 2 is 1.44 bits per heavy atom. The number of allylic oxidation sites excluding steroid dienone is 2. The zero-order valence-electron chi connectivity index (χ0n) is 10.1. The van der Waals surface area contributed by atoms with Gasteiger partial charge in [-0.25, -0.2) is 23.5 Å². The van der Waals surface area contributed by atoms with Gasteiger partial charge in [-0.05, 0) is 0 Å². The molecule has 1 heterocycles. The second kappa shape index (κ2) is 6.47. The predicted octanol–water partition coefficient (Wildman–Crippen LogP) is -3.81. The van der Waals surface area contributed by atoms with Crippen LogP contribution in [0.4, 0.5) is 0 Å². The number of aromatic amines is 1. The molecule has 16 heavy (non-hydrogen) atoms. The molecule has 1 N–H and O–H groups in total. The summed E-state index contributed by atoms with van der Waals surface area (Å²) in [5.41, 5.74) is -2.13. The summed E-state index contributed by atoms with van der Waals surface area (Å²) in [5, 5.41) is 0. The predicted molar refractivity (Wildman–Crippen MR) is 57.1 cm³/mol. The van der Waals surface area contributed by atoms with Crippen LogP contribution in [-0.4, -0.2) is 14.1 Å². The van der Waals surface area contributed by atoms with Crippen molar-refractivity contribution in [3.63, 3.8) is 0 Å². The van der Waals surface area contributed by atoms with Gasteiger partial charge in [-0.3, -0.25) is 4.98 Å². The zero-order valence-corrected chi connectivity index (χ0v) is 11.1. The van der Waals surface area contributed by atoms with Crippen molar-refractivity contribution in [2.24, 2.45) is 0 Å². The Bertz CT molecular complexity index is 513. The van der Waals surface area contributed by atoms with E-state index in [1.165, 1.54) is 12.2 Å². The van der Waals surface area contributed by atoms with Crippen LogP contribution in [0.5, 0.6) is 0 Å². The van der Waals surface area contributed by atoms with Crippen molar-refractivity contribution >= 4 is 0 Å². The molecule has 7 heteroatoms. The molecule has 6 nitrogen and oxygen atoms in total. The minimum atomic E-state index is -0.731. The van der Waals surface area contributed by atoms with Crippen molar-refractivity contribution in [3.05, 3.63) is 56.8 Å². The number of hydrogen-bond acceptors (Lipinski definition) is 3. The summed E-state index contributed by atoms with van der Waals surface area (Å²) in [6.45, 7) is 6.95. The van der Waals surface area contributed by atoms with Gasteiger partial charge in [-0.2, -0.15) is 0 Å². The molecular formula is C9H12N3NaO3. The van der Waals surface area contributed by atoms with Gasteiger partial charge in [0.1, 0.15) is 0 Å². The number of nitrogens with one attached hydrogen (secondary N) is 1. The molecule has 1 rings (SSSR count). The van der Waals surface area contributed by atoms with Gasteiger partial charge < -0.3 is 1.43 Å². The molecule has 82 valence electrons. The van der Waals surface area contributed by atoms with Crippen molar-refractivity contribution in [1.82, 2.24) is 14.1 Å². The van der Waals surface area contributed by atoms with E-state index < -0.39 is 17.1 Å². The molecule has 0 saturated heterocycles. The topological polar surface area (TPSA) is 76.9 Å². The number of nitrogens with zero attached hydrogens (tertiary/aromatic N) is 2. The molecule has 0 unspecified atom stereocenters. The Balaban J connectivity index is 0. The van der Waals surface area contributed by atoms with Crippen molar-refractivity contribution < 1.29 is 31.0 Å². The molecule has 0 fully saturated rings. The standard InChI is InChI=1S/C9H11N3O3.Na.H/c1-3-5-11-7(13)10-8(14)12(6-4-2)9(11)15;;/h3-4H,1-2,5-6H2,(H,10,13,14);;/q;+1;-1. The van der Waals surface area contributed by atoms with E-state index in [1.54, 1.807) is 0 Å². The summed E-state index contributed by atoms with van der Waals surface area (Å²) in [6.07, 6.45) is 2.80. The van der Waals surface area contributed by atoms with E-state index in [9.17, 15) is 14.4 Å². The van der Waals surface area contributed by atoms with Gasteiger partial charge in [0.15, 0.2) is 0 Å².